The van der Waals surface area contributed by atoms with Crippen molar-refractivity contribution in [2.45, 2.75) is 52.4 Å². The largest absolute Gasteiger partial charge is 0.256 e. The van der Waals surface area contributed by atoms with Gasteiger partial charge in [0.1, 0.15) is 0 Å². The molecule has 0 unspecified atom stereocenters. The number of aromatic nitrogens is 2. The highest BCUT2D eigenvalue weighted by molar-refractivity contribution is 5.93. The first-order valence-corrected chi connectivity index (χ1v) is 9.94. The lowest BCUT2D eigenvalue weighted by atomic mass is 9.80. The van der Waals surface area contributed by atoms with E-state index in [4.69, 9.17) is 4.98 Å². The highest BCUT2D eigenvalue weighted by atomic mass is 14.7. The predicted octanol–water partition coefficient (Wildman–Crippen LogP) is 7.05. The number of hydrogen-bond donors (Lipinski definition) is 0. The standard InChI is InChI=1S/C26H28N2/c1-25(2,3)21-13-14-27-22-12-11-17(15-20(21)22)24-23(26(4,5)6)19-10-8-7-9-18(19)16-28-24/h7-16H,1-6H3. The summed E-state index contributed by atoms with van der Waals surface area (Å²) in [5.74, 6) is 0. The highest BCUT2D eigenvalue weighted by Crippen LogP contribution is 2.38. The molecule has 0 saturated heterocycles. The molecule has 2 heterocycles. The van der Waals surface area contributed by atoms with Gasteiger partial charge in [-0.1, -0.05) is 71.9 Å². The summed E-state index contributed by atoms with van der Waals surface area (Å²) in [6.07, 6.45) is 3.91. The van der Waals surface area contributed by atoms with Crippen molar-refractivity contribution < 1.29 is 0 Å². The van der Waals surface area contributed by atoms with Crippen molar-refractivity contribution in [3.05, 3.63) is 72.1 Å². The Kier molecular flexibility index (Phi) is 4.26. The molecule has 2 heteroatoms. The average Bonchev–Trinajstić information content (AvgIpc) is 2.64. The lowest BCUT2D eigenvalue weighted by Gasteiger charge is -2.25. The van der Waals surface area contributed by atoms with Gasteiger partial charge in [-0.2, -0.15) is 0 Å². The molecule has 4 aromatic rings. The fourth-order valence-corrected chi connectivity index (χ4v) is 4.09. The van der Waals surface area contributed by atoms with E-state index in [-0.39, 0.29) is 10.8 Å². The summed E-state index contributed by atoms with van der Waals surface area (Å²) in [5, 5.41) is 3.68. The normalized spacial score (nSPS) is 12.6. The van der Waals surface area contributed by atoms with Crippen LogP contribution in [0.3, 0.4) is 0 Å². The maximum Gasteiger partial charge on any atom is 0.0745 e. The van der Waals surface area contributed by atoms with E-state index in [1.807, 2.05) is 12.4 Å². The molecular weight excluding hydrogens is 340 g/mol. The minimum atomic E-state index is -0.0139. The molecule has 28 heavy (non-hydrogen) atoms. The van der Waals surface area contributed by atoms with Crippen LogP contribution < -0.4 is 0 Å². The van der Waals surface area contributed by atoms with Crippen LogP contribution in [0.1, 0.15) is 52.7 Å². The Balaban J connectivity index is 2.05. The van der Waals surface area contributed by atoms with Gasteiger partial charge >= 0.3 is 0 Å². The zero-order valence-electron chi connectivity index (χ0n) is 17.7. The van der Waals surface area contributed by atoms with Crippen molar-refractivity contribution in [1.82, 2.24) is 9.97 Å². The van der Waals surface area contributed by atoms with Gasteiger partial charge in [-0.25, -0.2) is 0 Å². The summed E-state index contributed by atoms with van der Waals surface area (Å²) < 4.78 is 0. The number of rotatable bonds is 1. The number of nitrogens with zero attached hydrogens (tertiary/aromatic N) is 2. The Labute approximate surface area is 167 Å². The van der Waals surface area contributed by atoms with Crippen LogP contribution in [0.4, 0.5) is 0 Å². The third-order valence-corrected chi connectivity index (χ3v) is 5.37. The van der Waals surface area contributed by atoms with Gasteiger partial charge in [-0.05, 0) is 45.5 Å². The summed E-state index contributed by atoms with van der Waals surface area (Å²) in [6, 6.07) is 17.3. The van der Waals surface area contributed by atoms with E-state index >= 15 is 0 Å². The van der Waals surface area contributed by atoms with E-state index in [2.05, 4.69) is 95.1 Å². The molecule has 0 spiro atoms. The summed E-state index contributed by atoms with van der Waals surface area (Å²) in [7, 11) is 0. The maximum absolute atomic E-state index is 4.92. The van der Waals surface area contributed by atoms with Gasteiger partial charge < -0.3 is 0 Å². The molecule has 0 bridgehead atoms. The highest BCUT2D eigenvalue weighted by Gasteiger charge is 2.24. The van der Waals surface area contributed by atoms with Crippen molar-refractivity contribution in [3.8, 4) is 11.3 Å². The molecule has 2 nitrogen and oxygen atoms in total. The monoisotopic (exact) mass is 368 g/mol. The molecule has 0 atom stereocenters. The fraction of sp³-hybridized carbons (Fsp3) is 0.308. The van der Waals surface area contributed by atoms with Crippen molar-refractivity contribution in [1.29, 1.82) is 0 Å². The smallest absolute Gasteiger partial charge is 0.0745 e. The van der Waals surface area contributed by atoms with Crippen molar-refractivity contribution >= 4 is 21.7 Å². The molecule has 0 radical (unpaired) electrons. The van der Waals surface area contributed by atoms with Crippen LogP contribution in [0.15, 0.2) is 60.9 Å². The first-order chi connectivity index (χ1) is 13.2. The van der Waals surface area contributed by atoms with E-state index in [1.54, 1.807) is 0 Å². The van der Waals surface area contributed by atoms with Crippen LogP contribution in [-0.2, 0) is 10.8 Å². The molecule has 0 aliphatic rings. The lowest BCUT2D eigenvalue weighted by molar-refractivity contribution is 0.594. The van der Waals surface area contributed by atoms with E-state index in [0.717, 1.165) is 16.8 Å². The first kappa shape index (κ1) is 18.6. The third kappa shape index (κ3) is 3.17. The van der Waals surface area contributed by atoms with E-state index in [9.17, 15) is 0 Å². The molecule has 2 aromatic carbocycles. The van der Waals surface area contributed by atoms with E-state index in [1.165, 1.54) is 27.3 Å². The van der Waals surface area contributed by atoms with Gasteiger partial charge in [0.2, 0.25) is 0 Å². The molecule has 4 rings (SSSR count). The Morgan fingerprint density at radius 1 is 0.714 bits per heavy atom. The van der Waals surface area contributed by atoms with Gasteiger partial charge in [0.25, 0.3) is 0 Å². The predicted molar refractivity (Wildman–Crippen MR) is 120 cm³/mol. The second kappa shape index (κ2) is 6.41. The van der Waals surface area contributed by atoms with Gasteiger partial charge in [0, 0.05) is 28.7 Å². The maximum atomic E-state index is 4.92. The molecule has 0 fully saturated rings. The minimum absolute atomic E-state index is 0.0139. The summed E-state index contributed by atoms with van der Waals surface area (Å²) in [5.41, 5.74) is 5.92. The average molecular weight is 369 g/mol. The van der Waals surface area contributed by atoms with Crippen molar-refractivity contribution in [3.63, 3.8) is 0 Å². The Bertz CT molecular complexity index is 1170. The van der Waals surface area contributed by atoms with Gasteiger partial charge in [-0.15, -0.1) is 0 Å². The number of benzene rings is 2. The van der Waals surface area contributed by atoms with Gasteiger partial charge in [-0.3, -0.25) is 9.97 Å². The number of fused-ring (bicyclic) bond motifs is 2. The number of pyridine rings is 2. The Morgan fingerprint density at radius 3 is 2.18 bits per heavy atom. The second-order valence-electron chi connectivity index (χ2n) is 9.66. The third-order valence-electron chi connectivity index (χ3n) is 5.37. The van der Waals surface area contributed by atoms with Gasteiger partial charge in [0.15, 0.2) is 0 Å². The Morgan fingerprint density at radius 2 is 1.46 bits per heavy atom. The van der Waals surface area contributed by atoms with E-state index < -0.39 is 0 Å². The SMILES string of the molecule is CC(C)(C)c1c(-c2ccc3nccc(C(C)(C)C)c3c2)ncc2ccccc12. The van der Waals surface area contributed by atoms with E-state index in [0.29, 0.717) is 0 Å². The molecular formula is C26H28N2. The summed E-state index contributed by atoms with van der Waals surface area (Å²) in [4.78, 5) is 9.51. The van der Waals surface area contributed by atoms with Crippen LogP contribution in [0.25, 0.3) is 32.9 Å². The minimum Gasteiger partial charge on any atom is -0.256 e. The molecule has 0 amide bonds. The fourth-order valence-electron chi connectivity index (χ4n) is 4.09. The molecule has 0 aliphatic carbocycles. The van der Waals surface area contributed by atoms with Crippen molar-refractivity contribution in [2.75, 3.05) is 0 Å². The molecule has 2 aromatic heterocycles. The molecule has 0 aliphatic heterocycles. The summed E-state index contributed by atoms with van der Waals surface area (Å²) >= 11 is 0. The topological polar surface area (TPSA) is 25.8 Å². The molecule has 0 N–H and O–H groups in total. The second-order valence-corrected chi connectivity index (χ2v) is 9.66. The van der Waals surface area contributed by atoms with Crippen LogP contribution in [0.2, 0.25) is 0 Å². The molecule has 142 valence electrons. The van der Waals surface area contributed by atoms with Crippen molar-refractivity contribution in [2.24, 2.45) is 0 Å². The summed E-state index contributed by atoms with van der Waals surface area (Å²) in [6.45, 7) is 13.6. The zero-order chi connectivity index (χ0) is 20.1. The van der Waals surface area contributed by atoms with Gasteiger partial charge in [0.05, 0.1) is 11.2 Å². The quantitative estimate of drug-likeness (QED) is 0.360. The molecule has 0 saturated carbocycles. The number of hydrogen-bond acceptors (Lipinski definition) is 2. The van der Waals surface area contributed by atoms with Crippen LogP contribution >= 0.6 is 0 Å². The van der Waals surface area contributed by atoms with Crippen LogP contribution in [0.5, 0.6) is 0 Å². The zero-order valence-corrected chi connectivity index (χ0v) is 17.7. The van der Waals surface area contributed by atoms with Crippen LogP contribution in [-0.4, -0.2) is 9.97 Å². The lowest BCUT2D eigenvalue weighted by Crippen LogP contribution is -2.15. The Hall–Kier alpha value is -2.74. The van der Waals surface area contributed by atoms with Crippen LogP contribution in [0, 0.1) is 0 Å². The first-order valence-electron chi connectivity index (χ1n) is 9.94.